The third-order valence-corrected chi connectivity index (χ3v) is 2.60. The van der Waals surface area contributed by atoms with Gasteiger partial charge in [-0.1, -0.05) is 12.1 Å². The highest BCUT2D eigenvalue weighted by Crippen LogP contribution is 2.24. The molecule has 14 heavy (non-hydrogen) atoms. The van der Waals surface area contributed by atoms with Gasteiger partial charge in [-0.05, 0) is 24.2 Å². The van der Waals surface area contributed by atoms with Crippen LogP contribution in [0.3, 0.4) is 0 Å². The second-order valence-corrected chi connectivity index (χ2v) is 3.55. The lowest BCUT2D eigenvalue weighted by atomic mass is 9.95. The Balaban J connectivity index is 2.21. The van der Waals surface area contributed by atoms with Crippen LogP contribution in [0.1, 0.15) is 11.6 Å². The Bertz CT molecular complexity index is 316. The number of hydrazine groups is 1. The smallest absolute Gasteiger partial charge is 0.123 e. The Morgan fingerprint density at radius 2 is 2.36 bits per heavy atom. The van der Waals surface area contributed by atoms with E-state index >= 15 is 0 Å². The van der Waals surface area contributed by atoms with Crippen molar-refractivity contribution in [3.05, 3.63) is 35.6 Å². The summed E-state index contributed by atoms with van der Waals surface area (Å²) in [4.78, 5) is 0. The number of hydrogen-bond donors (Lipinski definition) is 3. The average Bonchev–Trinajstić information content (AvgIpc) is 2.65. The Morgan fingerprint density at radius 3 is 3.07 bits per heavy atom. The van der Waals surface area contributed by atoms with E-state index in [9.17, 15) is 4.39 Å². The molecule has 1 saturated heterocycles. The van der Waals surface area contributed by atoms with Gasteiger partial charge in [0.1, 0.15) is 5.82 Å². The SMILES string of the molecule is NCC1CNNC1c1cccc(F)c1. The molecule has 1 aliphatic rings. The molecule has 4 heteroatoms. The zero-order valence-corrected chi connectivity index (χ0v) is 7.83. The molecule has 2 rings (SSSR count). The van der Waals surface area contributed by atoms with E-state index in [0.717, 1.165) is 12.1 Å². The van der Waals surface area contributed by atoms with Gasteiger partial charge in [0.15, 0.2) is 0 Å². The first kappa shape index (κ1) is 9.58. The van der Waals surface area contributed by atoms with Crippen molar-refractivity contribution in [3.63, 3.8) is 0 Å². The summed E-state index contributed by atoms with van der Waals surface area (Å²) in [6, 6.07) is 6.75. The van der Waals surface area contributed by atoms with Crippen molar-refractivity contribution in [1.29, 1.82) is 0 Å². The standard InChI is InChI=1S/C10H14FN3/c11-9-3-1-2-7(4-9)10-8(5-12)6-13-14-10/h1-4,8,10,13-14H,5-6,12H2. The number of hydrogen-bond acceptors (Lipinski definition) is 3. The molecule has 1 fully saturated rings. The van der Waals surface area contributed by atoms with Crippen molar-refractivity contribution in [3.8, 4) is 0 Å². The lowest BCUT2D eigenvalue weighted by Gasteiger charge is -2.16. The minimum atomic E-state index is -0.202. The number of benzene rings is 1. The summed E-state index contributed by atoms with van der Waals surface area (Å²) in [5, 5.41) is 0. The summed E-state index contributed by atoms with van der Waals surface area (Å²) in [7, 11) is 0. The normalized spacial score (nSPS) is 26.7. The Hall–Kier alpha value is -0.970. The summed E-state index contributed by atoms with van der Waals surface area (Å²) in [5.41, 5.74) is 12.7. The van der Waals surface area contributed by atoms with E-state index < -0.39 is 0 Å². The number of halogens is 1. The lowest BCUT2D eigenvalue weighted by molar-refractivity contribution is 0.480. The first-order chi connectivity index (χ1) is 6.81. The molecule has 1 aromatic rings. The van der Waals surface area contributed by atoms with Crippen molar-refractivity contribution in [2.45, 2.75) is 6.04 Å². The van der Waals surface area contributed by atoms with E-state index in [1.165, 1.54) is 6.07 Å². The molecule has 2 unspecified atom stereocenters. The van der Waals surface area contributed by atoms with Gasteiger partial charge in [-0.2, -0.15) is 0 Å². The van der Waals surface area contributed by atoms with Crippen molar-refractivity contribution >= 4 is 0 Å². The zero-order chi connectivity index (χ0) is 9.97. The molecule has 0 spiro atoms. The maximum Gasteiger partial charge on any atom is 0.123 e. The topological polar surface area (TPSA) is 50.1 Å². The number of nitrogens with one attached hydrogen (secondary N) is 2. The first-order valence-corrected chi connectivity index (χ1v) is 4.75. The van der Waals surface area contributed by atoms with Gasteiger partial charge in [0.2, 0.25) is 0 Å². The van der Waals surface area contributed by atoms with Crippen LogP contribution in [0, 0.1) is 11.7 Å². The molecule has 0 bridgehead atoms. The Labute approximate surface area is 82.5 Å². The third-order valence-electron chi connectivity index (χ3n) is 2.60. The summed E-state index contributed by atoms with van der Waals surface area (Å²) in [5.74, 6) is 0.128. The van der Waals surface area contributed by atoms with E-state index in [4.69, 9.17) is 5.73 Å². The Morgan fingerprint density at radius 1 is 1.50 bits per heavy atom. The summed E-state index contributed by atoms with van der Waals surface area (Å²) >= 11 is 0. The molecule has 0 amide bonds. The van der Waals surface area contributed by atoms with E-state index in [0.29, 0.717) is 12.5 Å². The van der Waals surface area contributed by atoms with Crippen molar-refractivity contribution in [2.75, 3.05) is 13.1 Å². The fourth-order valence-electron chi connectivity index (χ4n) is 1.81. The van der Waals surface area contributed by atoms with Gasteiger partial charge < -0.3 is 5.73 Å². The van der Waals surface area contributed by atoms with Crippen LogP contribution in [0.5, 0.6) is 0 Å². The van der Waals surface area contributed by atoms with Gasteiger partial charge >= 0.3 is 0 Å². The van der Waals surface area contributed by atoms with Gasteiger partial charge in [0.25, 0.3) is 0 Å². The highest BCUT2D eigenvalue weighted by molar-refractivity contribution is 5.21. The molecule has 1 heterocycles. The van der Waals surface area contributed by atoms with Crippen molar-refractivity contribution < 1.29 is 4.39 Å². The maximum atomic E-state index is 13.0. The predicted octanol–water partition coefficient (Wildman–Crippen LogP) is 0.549. The highest BCUT2D eigenvalue weighted by atomic mass is 19.1. The third kappa shape index (κ3) is 1.77. The van der Waals surface area contributed by atoms with Crippen LogP contribution < -0.4 is 16.6 Å². The van der Waals surface area contributed by atoms with Crippen LogP contribution in [0.4, 0.5) is 4.39 Å². The molecule has 1 aromatic carbocycles. The molecule has 0 saturated carbocycles. The fourth-order valence-corrected chi connectivity index (χ4v) is 1.81. The first-order valence-electron chi connectivity index (χ1n) is 4.75. The lowest BCUT2D eigenvalue weighted by Crippen LogP contribution is -2.26. The van der Waals surface area contributed by atoms with E-state index in [-0.39, 0.29) is 11.9 Å². The van der Waals surface area contributed by atoms with Crippen LogP contribution in [-0.2, 0) is 0 Å². The summed E-state index contributed by atoms with van der Waals surface area (Å²) in [6.07, 6.45) is 0. The monoisotopic (exact) mass is 195 g/mol. The average molecular weight is 195 g/mol. The molecule has 0 aliphatic carbocycles. The molecular weight excluding hydrogens is 181 g/mol. The molecular formula is C10H14FN3. The van der Waals surface area contributed by atoms with Gasteiger partial charge in [-0.25, -0.2) is 9.82 Å². The number of nitrogens with two attached hydrogens (primary N) is 1. The van der Waals surface area contributed by atoms with Crippen molar-refractivity contribution in [1.82, 2.24) is 10.9 Å². The van der Waals surface area contributed by atoms with Gasteiger partial charge in [-0.15, -0.1) is 0 Å². The fraction of sp³-hybridized carbons (Fsp3) is 0.400. The molecule has 3 nitrogen and oxygen atoms in total. The second-order valence-electron chi connectivity index (χ2n) is 3.55. The second kappa shape index (κ2) is 4.04. The molecule has 1 aliphatic heterocycles. The highest BCUT2D eigenvalue weighted by Gasteiger charge is 2.26. The van der Waals surface area contributed by atoms with E-state index in [1.54, 1.807) is 12.1 Å². The van der Waals surface area contributed by atoms with Crippen LogP contribution in [0.15, 0.2) is 24.3 Å². The van der Waals surface area contributed by atoms with E-state index in [1.807, 2.05) is 6.07 Å². The summed E-state index contributed by atoms with van der Waals surface area (Å²) < 4.78 is 13.0. The summed E-state index contributed by atoms with van der Waals surface area (Å²) in [6.45, 7) is 1.43. The van der Waals surface area contributed by atoms with E-state index in [2.05, 4.69) is 10.9 Å². The minimum absolute atomic E-state index is 0.121. The minimum Gasteiger partial charge on any atom is -0.330 e. The molecule has 2 atom stereocenters. The molecule has 76 valence electrons. The van der Waals surface area contributed by atoms with Crippen molar-refractivity contribution in [2.24, 2.45) is 11.7 Å². The molecule has 0 radical (unpaired) electrons. The van der Waals surface area contributed by atoms with Gasteiger partial charge in [0, 0.05) is 12.5 Å². The number of rotatable bonds is 2. The van der Waals surface area contributed by atoms with Crippen LogP contribution in [0.25, 0.3) is 0 Å². The van der Waals surface area contributed by atoms with Gasteiger partial charge in [0.05, 0.1) is 6.04 Å². The zero-order valence-electron chi connectivity index (χ0n) is 7.83. The maximum absolute atomic E-state index is 13.0. The Kier molecular flexibility index (Phi) is 2.77. The largest absolute Gasteiger partial charge is 0.330 e. The molecule has 0 aromatic heterocycles. The van der Waals surface area contributed by atoms with Crippen LogP contribution >= 0.6 is 0 Å². The van der Waals surface area contributed by atoms with Crippen LogP contribution in [0.2, 0.25) is 0 Å². The molecule has 4 N–H and O–H groups in total. The quantitative estimate of drug-likeness (QED) is 0.646. The van der Waals surface area contributed by atoms with Crippen LogP contribution in [-0.4, -0.2) is 13.1 Å². The predicted molar refractivity (Wildman–Crippen MR) is 52.8 cm³/mol. The van der Waals surface area contributed by atoms with Gasteiger partial charge in [-0.3, -0.25) is 5.43 Å².